The average Bonchev–Trinajstić information content (AvgIpc) is 3.68. The second kappa shape index (κ2) is 6.97. The lowest BCUT2D eigenvalue weighted by Crippen LogP contribution is -2.15. The Hall–Kier alpha value is -2.62. The van der Waals surface area contributed by atoms with E-state index in [2.05, 4.69) is 38.1 Å². The molecule has 2 aromatic carbocycles. The molecule has 3 aliphatic rings. The third-order valence-corrected chi connectivity index (χ3v) is 7.60. The van der Waals surface area contributed by atoms with Crippen molar-refractivity contribution in [2.45, 2.75) is 39.5 Å². The number of ether oxygens (including phenoxy) is 2. The molecule has 2 saturated carbocycles. The van der Waals surface area contributed by atoms with Gasteiger partial charge in [-0.15, -0.1) is 0 Å². The number of methoxy groups -OCH3 is 2. The lowest BCUT2D eigenvalue weighted by Gasteiger charge is -2.15. The van der Waals surface area contributed by atoms with Crippen molar-refractivity contribution < 1.29 is 9.47 Å². The lowest BCUT2D eigenvalue weighted by molar-refractivity contribution is 0.387. The first-order valence-electron chi connectivity index (χ1n) is 10.9. The van der Waals surface area contributed by atoms with Crippen LogP contribution in [0, 0.1) is 22.7 Å². The molecular weight excluding hydrogens is 372 g/mol. The Morgan fingerprint density at radius 2 is 1.30 bits per heavy atom. The highest BCUT2D eigenvalue weighted by atomic mass is 16.5. The molecule has 156 valence electrons. The van der Waals surface area contributed by atoms with Crippen LogP contribution >= 0.6 is 0 Å². The summed E-state index contributed by atoms with van der Waals surface area (Å²) in [6, 6.07) is 16.5. The molecule has 30 heavy (non-hydrogen) atoms. The van der Waals surface area contributed by atoms with Gasteiger partial charge in [0.25, 0.3) is 0 Å². The molecule has 2 fully saturated rings. The molecule has 0 amide bonds. The highest BCUT2D eigenvalue weighted by molar-refractivity contribution is 6.16. The van der Waals surface area contributed by atoms with E-state index in [-0.39, 0.29) is 5.41 Å². The van der Waals surface area contributed by atoms with Gasteiger partial charge in [-0.25, -0.2) is 0 Å². The molecule has 2 aromatic rings. The molecule has 0 N–H and O–H groups in total. The summed E-state index contributed by atoms with van der Waals surface area (Å²) >= 11 is 0. The van der Waals surface area contributed by atoms with Gasteiger partial charge in [0.2, 0.25) is 0 Å². The van der Waals surface area contributed by atoms with E-state index in [0.29, 0.717) is 17.3 Å². The zero-order chi connectivity index (χ0) is 20.9. The maximum absolute atomic E-state index is 5.46. The fourth-order valence-corrected chi connectivity index (χ4v) is 5.12. The molecule has 4 nitrogen and oxygen atoms in total. The average molecular weight is 403 g/mol. The van der Waals surface area contributed by atoms with E-state index in [4.69, 9.17) is 19.7 Å². The summed E-state index contributed by atoms with van der Waals surface area (Å²) in [5.74, 6) is 2.51. The van der Waals surface area contributed by atoms with E-state index in [1.807, 2.05) is 24.3 Å². The Morgan fingerprint density at radius 3 is 1.73 bits per heavy atom. The van der Waals surface area contributed by atoms with Crippen molar-refractivity contribution in [2.75, 3.05) is 14.2 Å². The Bertz CT molecular complexity index is 965. The molecule has 0 aromatic heterocycles. The lowest BCUT2D eigenvalue weighted by atomic mass is 9.89. The van der Waals surface area contributed by atoms with E-state index < -0.39 is 0 Å². The van der Waals surface area contributed by atoms with Gasteiger partial charge >= 0.3 is 0 Å². The molecule has 0 saturated heterocycles. The molecule has 0 spiro atoms. The summed E-state index contributed by atoms with van der Waals surface area (Å²) in [4.78, 5) is 0. The first-order valence-corrected chi connectivity index (χ1v) is 10.9. The smallest absolute Gasteiger partial charge is 0.119 e. The molecular formula is C26H30N2O2. The molecule has 2 aliphatic carbocycles. The van der Waals surface area contributed by atoms with Crippen molar-refractivity contribution in [3.8, 4) is 11.5 Å². The van der Waals surface area contributed by atoms with Crippen molar-refractivity contribution in [2.24, 2.45) is 32.9 Å². The third-order valence-electron chi connectivity index (χ3n) is 7.60. The first kappa shape index (κ1) is 19.3. The number of rotatable bonds is 7. The molecule has 3 atom stereocenters. The van der Waals surface area contributed by atoms with Gasteiger partial charge in [-0.05, 0) is 60.8 Å². The van der Waals surface area contributed by atoms with Crippen molar-refractivity contribution in [3.63, 3.8) is 0 Å². The quantitative estimate of drug-likeness (QED) is 0.592. The third kappa shape index (κ3) is 3.23. The van der Waals surface area contributed by atoms with Crippen LogP contribution in [0.2, 0.25) is 0 Å². The van der Waals surface area contributed by atoms with Crippen molar-refractivity contribution in [1.82, 2.24) is 0 Å². The number of fused-ring (bicyclic) bond motifs is 1. The van der Waals surface area contributed by atoms with Crippen LogP contribution in [0.5, 0.6) is 11.5 Å². The van der Waals surface area contributed by atoms with Gasteiger partial charge in [0.15, 0.2) is 0 Å². The normalized spacial score (nSPS) is 28.1. The van der Waals surface area contributed by atoms with E-state index in [1.165, 1.54) is 25.7 Å². The topological polar surface area (TPSA) is 43.2 Å². The summed E-state index contributed by atoms with van der Waals surface area (Å²) in [5.41, 5.74) is 5.20. The van der Waals surface area contributed by atoms with Crippen LogP contribution in [-0.4, -0.2) is 25.6 Å². The maximum atomic E-state index is 5.46. The summed E-state index contributed by atoms with van der Waals surface area (Å²) in [5, 5.41) is 9.55. The van der Waals surface area contributed by atoms with E-state index in [0.717, 1.165) is 34.0 Å². The zero-order valence-electron chi connectivity index (χ0n) is 18.3. The highest BCUT2D eigenvalue weighted by Crippen LogP contribution is 2.67. The minimum absolute atomic E-state index is 0.186. The highest BCUT2D eigenvalue weighted by Gasteiger charge is 2.66. The van der Waals surface area contributed by atoms with Crippen molar-refractivity contribution in [3.05, 3.63) is 59.7 Å². The minimum Gasteiger partial charge on any atom is -0.497 e. The number of hydrogen-bond donors (Lipinski definition) is 0. The minimum atomic E-state index is 0.186. The Balaban J connectivity index is 1.53. The molecule has 1 aliphatic heterocycles. The fraction of sp³-hybridized carbons (Fsp3) is 0.462. The molecule has 4 heteroatoms. The summed E-state index contributed by atoms with van der Waals surface area (Å²) < 4.78 is 10.9. The van der Waals surface area contributed by atoms with Crippen molar-refractivity contribution in [1.29, 1.82) is 0 Å². The molecule has 1 unspecified atom stereocenters. The predicted octanol–water partition coefficient (Wildman–Crippen LogP) is 5.74. The molecule has 1 heterocycles. The van der Waals surface area contributed by atoms with Crippen LogP contribution in [-0.2, 0) is 0 Å². The standard InChI is InChI=1S/C26H30N2O2/c1-25(11-12-25)13-14-26(2)21-22(26)24(18-8-6-10-20(16-18)30-4)28-27-23(21)17-7-5-9-19(15-17)29-3/h5-10,15-16,21-22H,11-14H2,1-4H3/t21-,22+,26?. The Labute approximate surface area is 179 Å². The molecule has 5 rings (SSSR count). The molecule has 0 bridgehead atoms. The van der Waals surface area contributed by atoms with Crippen molar-refractivity contribution >= 4 is 11.4 Å². The van der Waals surface area contributed by atoms with Gasteiger partial charge in [0, 0.05) is 23.0 Å². The summed E-state index contributed by atoms with van der Waals surface area (Å²) in [7, 11) is 3.42. The van der Waals surface area contributed by atoms with Crippen LogP contribution in [0.15, 0.2) is 58.7 Å². The van der Waals surface area contributed by atoms with Crippen LogP contribution in [0.4, 0.5) is 0 Å². The SMILES string of the molecule is COc1cccc(C2=NN=C(c3cccc(OC)c3)[C@H]3[C@@H]2C3(C)CCC2(C)CC2)c1. The van der Waals surface area contributed by atoms with Crippen LogP contribution in [0.25, 0.3) is 0 Å². The Kier molecular flexibility index (Phi) is 4.49. The first-order chi connectivity index (χ1) is 14.5. The van der Waals surface area contributed by atoms with Gasteiger partial charge in [-0.2, -0.15) is 10.2 Å². The van der Waals surface area contributed by atoms with E-state index in [9.17, 15) is 0 Å². The number of benzene rings is 2. The zero-order valence-corrected chi connectivity index (χ0v) is 18.3. The largest absolute Gasteiger partial charge is 0.497 e. The van der Waals surface area contributed by atoms with Crippen LogP contribution in [0.1, 0.15) is 50.7 Å². The van der Waals surface area contributed by atoms with Gasteiger partial charge < -0.3 is 9.47 Å². The van der Waals surface area contributed by atoms with Gasteiger partial charge in [-0.1, -0.05) is 38.1 Å². The fourth-order valence-electron chi connectivity index (χ4n) is 5.12. The van der Waals surface area contributed by atoms with E-state index >= 15 is 0 Å². The second-order valence-corrected chi connectivity index (χ2v) is 9.71. The monoisotopic (exact) mass is 402 g/mol. The second-order valence-electron chi connectivity index (χ2n) is 9.71. The molecule has 0 radical (unpaired) electrons. The van der Waals surface area contributed by atoms with Crippen LogP contribution < -0.4 is 9.47 Å². The maximum Gasteiger partial charge on any atom is 0.119 e. The summed E-state index contributed by atoms with van der Waals surface area (Å²) in [6.07, 6.45) is 5.23. The number of hydrogen-bond acceptors (Lipinski definition) is 4. The number of nitrogens with zero attached hydrogens (tertiary/aromatic N) is 2. The van der Waals surface area contributed by atoms with Gasteiger partial charge in [0.05, 0.1) is 25.6 Å². The van der Waals surface area contributed by atoms with Gasteiger partial charge in [0.1, 0.15) is 11.5 Å². The van der Waals surface area contributed by atoms with Gasteiger partial charge in [-0.3, -0.25) is 0 Å². The summed E-state index contributed by atoms with van der Waals surface area (Å²) in [6.45, 7) is 4.86. The van der Waals surface area contributed by atoms with Crippen LogP contribution in [0.3, 0.4) is 0 Å². The van der Waals surface area contributed by atoms with E-state index in [1.54, 1.807) is 14.2 Å². The predicted molar refractivity (Wildman–Crippen MR) is 121 cm³/mol. The Morgan fingerprint density at radius 1 is 0.800 bits per heavy atom.